The van der Waals surface area contributed by atoms with Gasteiger partial charge in [-0.3, -0.25) is 0 Å². The van der Waals surface area contributed by atoms with Crippen LogP contribution in [0.3, 0.4) is 0 Å². The van der Waals surface area contributed by atoms with Crippen molar-refractivity contribution in [1.29, 1.82) is 0 Å². The largest absolute Gasteiger partial charge is 0.430 e. The molecule has 0 saturated carbocycles. The van der Waals surface area contributed by atoms with Crippen LogP contribution in [-0.4, -0.2) is 9.36 Å². The minimum absolute atomic E-state index is 0.552. The molecule has 1 aromatic heterocycles. The summed E-state index contributed by atoms with van der Waals surface area (Å²) in [7, 11) is 0. The van der Waals surface area contributed by atoms with Crippen LogP contribution in [0.25, 0.3) is 0 Å². The Balaban J connectivity index is 2.21. The Kier molecular flexibility index (Phi) is 2.55. The second-order valence-electron chi connectivity index (χ2n) is 3.23. The molecule has 5 heteroatoms. The highest BCUT2D eigenvalue weighted by atomic mass is 32.1. The van der Waals surface area contributed by atoms with E-state index in [2.05, 4.69) is 9.36 Å². The molecular weight excluding hydrogens is 210 g/mol. The van der Waals surface area contributed by atoms with Crippen molar-refractivity contribution in [3.63, 3.8) is 0 Å². The van der Waals surface area contributed by atoms with Gasteiger partial charge in [0.2, 0.25) is 0 Å². The van der Waals surface area contributed by atoms with Gasteiger partial charge in [-0.1, -0.05) is 0 Å². The summed E-state index contributed by atoms with van der Waals surface area (Å²) < 4.78 is 9.56. The second kappa shape index (κ2) is 3.86. The molecule has 0 saturated heterocycles. The number of aromatic nitrogens is 2. The van der Waals surface area contributed by atoms with E-state index in [4.69, 9.17) is 10.5 Å². The van der Waals surface area contributed by atoms with Crippen molar-refractivity contribution < 1.29 is 4.74 Å². The molecule has 0 aliphatic rings. The van der Waals surface area contributed by atoms with Crippen molar-refractivity contribution in [3.05, 3.63) is 29.6 Å². The van der Waals surface area contributed by atoms with E-state index in [0.29, 0.717) is 5.19 Å². The lowest BCUT2D eigenvalue weighted by Crippen LogP contribution is -1.90. The Bertz CT molecular complexity index is 481. The summed E-state index contributed by atoms with van der Waals surface area (Å²) >= 11 is 1.24. The number of benzene rings is 1. The van der Waals surface area contributed by atoms with Gasteiger partial charge in [-0.25, -0.2) is 0 Å². The van der Waals surface area contributed by atoms with Gasteiger partial charge in [-0.05, 0) is 37.6 Å². The van der Waals surface area contributed by atoms with Gasteiger partial charge in [-0.15, -0.1) is 0 Å². The van der Waals surface area contributed by atoms with Gasteiger partial charge in [0.05, 0.1) is 0 Å². The number of aryl methyl sites for hydroxylation is 2. The van der Waals surface area contributed by atoms with E-state index < -0.39 is 0 Å². The SMILES string of the molecule is Cc1nsc(Oc2ccc(N)c(C)c2)n1. The number of ether oxygens (including phenoxy) is 1. The number of anilines is 1. The molecule has 0 fully saturated rings. The third kappa shape index (κ3) is 2.24. The first kappa shape index (κ1) is 9.92. The van der Waals surface area contributed by atoms with Crippen molar-refractivity contribution in [2.45, 2.75) is 13.8 Å². The van der Waals surface area contributed by atoms with Crippen molar-refractivity contribution >= 4 is 17.2 Å². The van der Waals surface area contributed by atoms with Crippen LogP contribution in [0.1, 0.15) is 11.4 Å². The average Bonchev–Trinajstić information content (AvgIpc) is 2.58. The molecule has 15 heavy (non-hydrogen) atoms. The van der Waals surface area contributed by atoms with E-state index in [9.17, 15) is 0 Å². The van der Waals surface area contributed by atoms with Crippen LogP contribution in [0.4, 0.5) is 5.69 Å². The third-order valence-corrected chi connectivity index (χ3v) is 2.64. The van der Waals surface area contributed by atoms with E-state index in [1.54, 1.807) is 0 Å². The summed E-state index contributed by atoms with van der Waals surface area (Å²) in [6.07, 6.45) is 0. The highest BCUT2D eigenvalue weighted by Crippen LogP contribution is 2.25. The monoisotopic (exact) mass is 221 g/mol. The van der Waals surface area contributed by atoms with Crippen LogP contribution in [0.15, 0.2) is 18.2 Å². The van der Waals surface area contributed by atoms with E-state index in [1.165, 1.54) is 11.5 Å². The summed E-state index contributed by atoms with van der Waals surface area (Å²) in [5.41, 5.74) is 7.46. The van der Waals surface area contributed by atoms with Crippen LogP contribution >= 0.6 is 11.5 Å². The van der Waals surface area contributed by atoms with Gasteiger partial charge in [0.25, 0.3) is 5.19 Å². The third-order valence-electron chi connectivity index (χ3n) is 1.96. The normalized spacial score (nSPS) is 10.3. The summed E-state index contributed by atoms with van der Waals surface area (Å²) in [6.45, 7) is 3.77. The van der Waals surface area contributed by atoms with Gasteiger partial charge in [0.1, 0.15) is 11.6 Å². The van der Waals surface area contributed by atoms with Crippen LogP contribution in [0, 0.1) is 13.8 Å². The number of rotatable bonds is 2. The van der Waals surface area contributed by atoms with Crippen molar-refractivity contribution in [3.8, 4) is 10.9 Å². The molecule has 0 aliphatic heterocycles. The van der Waals surface area contributed by atoms with E-state index >= 15 is 0 Å². The lowest BCUT2D eigenvalue weighted by Gasteiger charge is -2.03. The summed E-state index contributed by atoms with van der Waals surface area (Å²) in [6, 6.07) is 5.52. The van der Waals surface area contributed by atoms with Gasteiger partial charge < -0.3 is 10.5 Å². The van der Waals surface area contributed by atoms with Gasteiger partial charge in [0, 0.05) is 17.2 Å². The van der Waals surface area contributed by atoms with Crippen LogP contribution in [0.2, 0.25) is 0 Å². The van der Waals surface area contributed by atoms with Gasteiger partial charge in [-0.2, -0.15) is 9.36 Å². The molecule has 0 radical (unpaired) electrons. The van der Waals surface area contributed by atoms with Crippen LogP contribution in [-0.2, 0) is 0 Å². The molecular formula is C10H11N3OS. The fraction of sp³-hybridized carbons (Fsp3) is 0.200. The molecule has 0 atom stereocenters. The van der Waals surface area contributed by atoms with Crippen molar-refractivity contribution in [2.24, 2.45) is 0 Å². The maximum absolute atomic E-state index is 5.71. The maximum Gasteiger partial charge on any atom is 0.298 e. The Labute approximate surface area is 91.9 Å². The smallest absolute Gasteiger partial charge is 0.298 e. The lowest BCUT2D eigenvalue weighted by atomic mass is 10.2. The van der Waals surface area contributed by atoms with E-state index in [0.717, 1.165) is 22.8 Å². The summed E-state index contributed by atoms with van der Waals surface area (Å²) in [5.74, 6) is 1.46. The number of nitrogens with two attached hydrogens (primary N) is 1. The highest BCUT2D eigenvalue weighted by Gasteiger charge is 2.03. The number of hydrogen-bond acceptors (Lipinski definition) is 5. The first-order valence-electron chi connectivity index (χ1n) is 4.49. The molecule has 4 nitrogen and oxygen atoms in total. The highest BCUT2D eigenvalue weighted by molar-refractivity contribution is 7.07. The zero-order valence-electron chi connectivity index (χ0n) is 8.52. The number of nitrogen functional groups attached to an aromatic ring is 1. The van der Waals surface area contributed by atoms with Crippen molar-refractivity contribution in [1.82, 2.24) is 9.36 Å². The van der Waals surface area contributed by atoms with Crippen LogP contribution < -0.4 is 10.5 Å². The second-order valence-corrected chi connectivity index (χ2v) is 3.94. The number of hydrogen-bond donors (Lipinski definition) is 1. The molecule has 78 valence electrons. The Morgan fingerprint density at radius 2 is 2.13 bits per heavy atom. The first-order chi connectivity index (χ1) is 7.15. The molecule has 0 unspecified atom stereocenters. The lowest BCUT2D eigenvalue weighted by molar-refractivity contribution is 0.477. The Morgan fingerprint density at radius 3 is 2.73 bits per heavy atom. The van der Waals surface area contributed by atoms with E-state index in [-0.39, 0.29) is 0 Å². The summed E-state index contributed by atoms with van der Waals surface area (Å²) in [5, 5.41) is 0.552. The molecule has 2 N–H and O–H groups in total. The maximum atomic E-state index is 5.71. The molecule has 0 bridgehead atoms. The van der Waals surface area contributed by atoms with Crippen LogP contribution in [0.5, 0.6) is 10.9 Å². The van der Waals surface area contributed by atoms with Gasteiger partial charge >= 0.3 is 0 Å². The first-order valence-corrected chi connectivity index (χ1v) is 5.27. The molecule has 0 aliphatic carbocycles. The number of nitrogens with zero attached hydrogens (tertiary/aromatic N) is 2. The predicted octanol–water partition coefficient (Wildman–Crippen LogP) is 2.53. The minimum atomic E-state index is 0.552. The Morgan fingerprint density at radius 1 is 1.33 bits per heavy atom. The fourth-order valence-corrected chi connectivity index (χ4v) is 1.69. The fourth-order valence-electron chi connectivity index (χ4n) is 1.13. The minimum Gasteiger partial charge on any atom is -0.430 e. The molecule has 0 spiro atoms. The molecule has 1 heterocycles. The molecule has 2 rings (SSSR count). The standard InChI is InChI=1S/C10H11N3OS/c1-6-5-8(3-4-9(6)11)14-10-12-7(2)13-15-10/h3-5H,11H2,1-2H3. The topological polar surface area (TPSA) is 61.0 Å². The quantitative estimate of drug-likeness (QED) is 0.791. The van der Waals surface area contributed by atoms with E-state index in [1.807, 2.05) is 32.0 Å². The predicted molar refractivity (Wildman–Crippen MR) is 60.3 cm³/mol. The average molecular weight is 221 g/mol. The zero-order valence-corrected chi connectivity index (χ0v) is 9.34. The molecule has 0 amide bonds. The molecule has 1 aromatic carbocycles. The van der Waals surface area contributed by atoms with Crippen molar-refractivity contribution in [2.75, 3.05) is 5.73 Å². The van der Waals surface area contributed by atoms with Gasteiger partial charge in [0.15, 0.2) is 0 Å². The molecule has 2 aromatic rings. The zero-order chi connectivity index (χ0) is 10.8. The Hall–Kier alpha value is -1.62. The summed E-state index contributed by atoms with van der Waals surface area (Å²) in [4.78, 5) is 4.11.